The summed E-state index contributed by atoms with van der Waals surface area (Å²) in [6.07, 6.45) is 2.27. The fourth-order valence-electron chi connectivity index (χ4n) is 3.56. The van der Waals surface area contributed by atoms with Crippen LogP contribution in [0.25, 0.3) is 0 Å². The van der Waals surface area contributed by atoms with Crippen molar-refractivity contribution in [2.45, 2.75) is 25.4 Å². The minimum atomic E-state index is -0.129. The summed E-state index contributed by atoms with van der Waals surface area (Å²) >= 11 is 0. The molecule has 0 radical (unpaired) electrons. The summed E-state index contributed by atoms with van der Waals surface area (Å²) in [7, 11) is 1.57. The number of fused-ring (bicyclic) bond motifs is 1. The molecule has 0 bridgehead atoms. The predicted octanol–water partition coefficient (Wildman–Crippen LogP) is 3.32. The van der Waals surface area contributed by atoms with E-state index in [0.717, 1.165) is 12.0 Å². The number of aromatic nitrogens is 3. The third-order valence-corrected chi connectivity index (χ3v) is 4.81. The summed E-state index contributed by atoms with van der Waals surface area (Å²) in [5.41, 5.74) is 1.69. The van der Waals surface area contributed by atoms with Crippen LogP contribution in [-0.2, 0) is 0 Å². The summed E-state index contributed by atoms with van der Waals surface area (Å²) in [4.78, 5) is 19.4. The third-order valence-electron chi connectivity index (χ3n) is 4.81. The average molecular weight is 348 g/mol. The molecule has 0 saturated carbocycles. The van der Waals surface area contributed by atoms with Crippen molar-refractivity contribution in [3.8, 4) is 5.75 Å². The van der Waals surface area contributed by atoms with Crippen LogP contribution < -0.4 is 9.64 Å². The van der Waals surface area contributed by atoms with Gasteiger partial charge < -0.3 is 4.74 Å². The SMILES string of the molecule is COc1ccccc1C(=O)N1c2ncnn2C(c2ccccc2)CC1C. The highest BCUT2D eigenvalue weighted by molar-refractivity contribution is 6.07. The molecule has 0 aliphatic carbocycles. The molecule has 26 heavy (non-hydrogen) atoms. The second-order valence-electron chi connectivity index (χ2n) is 6.39. The van der Waals surface area contributed by atoms with Crippen LogP contribution in [-0.4, -0.2) is 33.8 Å². The maximum atomic E-state index is 13.3. The fraction of sp³-hybridized carbons (Fsp3) is 0.250. The number of methoxy groups -OCH3 is 1. The normalized spacial score (nSPS) is 19.1. The van der Waals surface area contributed by atoms with Gasteiger partial charge in [0, 0.05) is 6.04 Å². The molecular formula is C20H20N4O2. The van der Waals surface area contributed by atoms with Crippen molar-refractivity contribution in [3.05, 3.63) is 72.1 Å². The number of anilines is 1. The van der Waals surface area contributed by atoms with E-state index in [-0.39, 0.29) is 18.0 Å². The number of hydrogen-bond donors (Lipinski definition) is 0. The predicted molar refractivity (Wildman–Crippen MR) is 98.5 cm³/mol. The summed E-state index contributed by atoms with van der Waals surface area (Å²) in [5, 5.41) is 4.40. The molecule has 3 aromatic rings. The van der Waals surface area contributed by atoms with Gasteiger partial charge in [0.1, 0.15) is 12.1 Å². The number of ether oxygens (including phenoxy) is 1. The zero-order valence-electron chi connectivity index (χ0n) is 14.7. The van der Waals surface area contributed by atoms with Crippen LogP contribution in [0.4, 0.5) is 5.95 Å². The minimum Gasteiger partial charge on any atom is -0.496 e. The molecule has 0 spiro atoms. The van der Waals surface area contributed by atoms with Crippen molar-refractivity contribution < 1.29 is 9.53 Å². The van der Waals surface area contributed by atoms with Gasteiger partial charge in [-0.15, -0.1) is 0 Å². The van der Waals surface area contributed by atoms with Crippen molar-refractivity contribution >= 4 is 11.9 Å². The lowest BCUT2D eigenvalue weighted by Gasteiger charge is -2.37. The highest BCUT2D eigenvalue weighted by Gasteiger charge is 2.37. The number of para-hydroxylation sites is 1. The topological polar surface area (TPSA) is 60.2 Å². The molecule has 0 fully saturated rings. The quantitative estimate of drug-likeness (QED) is 0.728. The van der Waals surface area contributed by atoms with Gasteiger partial charge in [-0.3, -0.25) is 9.69 Å². The molecule has 132 valence electrons. The number of hydrogen-bond acceptors (Lipinski definition) is 4. The van der Waals surface area contributed by atoms with Gasteiger partial charge in [0.15, 0.2) is 0 Å². The molecule has 4 rings (SSSR count). The van der Waals surface area contributed by atoms with Crippen molar-refractivity contribution in [1.29, 1.82) is 0 Å². The maximum absolute atomic E-state index is 13.3. The van der Waals surface area contributed by atoms with E-state index in [1.807, 2.05) is 41.9 Å². The summed E-state index contributed by atoms with van der Waals surface area (Å²) in [6.45, 7) is 2.04. The highest BCUT2D eigenvalue weighted by Crippen LogP contribution is 2.35. The van der Waals surface area contributed by atoms with Crippen molar-refractivity contribution in [2.24, 2.45) is 0 Å². The van der Waals surface area contributed by atoms with E-state index in [9.17, 15) is 4.79 Å². The van der Waals surface area contributed by atoms with E-state index in [1.165, 1.54) is 6.33 Å². The minimum absolute atomic E-state index is 0.0191. The van der Waals surface area contributed by atoms with E-state index >= 15 is 0 Å². The lowest BCUT2D eigenvalue weighted by Crippen LogP contribution is -2.46. The molecule has 1 aliphatic rings. The van der Waals surface area contributed by atoms with Crippen LogP contribution in [0, 0.1) is 0 Å². The molecule has 6 nitrogen and oxygen atoms in total. The Morgan fingerprint density at radius 2 is 1.85 bits per heavy atom. The van der Waals surface area contributed by atoms with Gasteiger partial charge in [-0.05, 0) is 31.0 Å². The second-order valence-corrected chi connectivity index (χ2v) is 6.39. The van der Waals surface area contributed by atoms with Gasteiger partial charge >= 0.3 is 0 Å². The monoisotopic (exact) mass is 348 g/mol. The number of carbonyl (C=O) groups excluding carboxylic acids is 1. The molecule has 1 aromatic heterocycles. The fourth-order valence-corrected chi connectivity index (χ4v) is 3.56. The van der Waals surface area contributed by atoms with Crippen molar-refractivity contribution in [3.63, 3.8) is 0 Å². The number of rotatable bonds is 3. The first-order chi connectivity index (χ1) is 12.7. The Hall–Kier alpha value is -3.15. The molecular weight excluding hydrogens is 328 g/mol. The number of benzene rings is 2. The van der Waals surface area contributed by atoms with Crippen LogP contribution >= 0.6 is 0 Å². The van der Waals surface area contributed by atoms with Gasteiger partial charge in [-0.1, -0.05) is 42.5 Å². The number of nitrogens with zero attached hydrogens (tertiary/aromatic N) is 4. The number of amides is 1. The lowest BCUT2D eigenvalue weighted by molar-refractivity contribution is 0.0963. The Morgan fingerprint density at radius 1 is 1.12 bits per heavy atom. The zero-order valence-corrected chi connectivity index (χ0v) is 14.7. The van der Waals surface area contributed by atoms with Crippen LogP contribution in [0.2, 0.25) is 0 Å². The van der Waals surface area contributed by atoms with E-state index in [0.29, 0.717) is 17.3 Å². The second kappa shape index (κ2) is 6.63. The van der Waals surface area contributed by atoms with Gasteiger partial charge in [0.2, 0.25) is 5.95 Å². The van der Waals surface area contributed by atoms with Crippen LogP contribution in [0.3, 0.4) is 0 Å². The Bertz CT molecular complexity index is 922. The van der Waals surface area contributed by atoms with Crippen molar-refractivity contribution in [2.75, 3.05) is 12.0 Å². The van der Waals surface area contributed by atoms with E-state index < -0.39 is 0 Å². The van der Waals surface area contributed by atoms with Crippen molar-refractivity contribution in [1.82, 2.24) is 14.8 Å². The van der Waals surface area contributed by atoms with Gasteiger partial charge in [-0.25, -0.2) is 4.68 Å². The van der Waals surface area contributed by atoms with Crippen LogP contribution in [0.15, 0.2) is 60.9 Å². The van der Waals surface area contributed by atoms with Gasteiger partial charge in [0.25, 0.3) is 5.91 Å². The van der Waals surface area contributed by atoms with Gasteiger partial charge in [0.05, 0.1) is 18.7 Å². The largest absolute Gasteiger partial charge is 0.496 e. The lowest BCUT2D eigenvalue weighted by atomic mass is 9.97. The zero-order chi connectivity index (χ0) is 18.1. The standard InChI is InChI=1S/C20H20N4O2/c1-14-12-17(15-8-4-3-5-9-15)24-20(21-13-22-24)23(14)19(25)16-10-6-7-11-18(16)26-2/h3-11,13-14,17H,12H2,1-2H3. The third kappa shape index (κ3) is 2.63. The first kappa shape index (κ1) is 16.3. The molecule has 2 heterocycles. The molecule has 6 heteroatoms. The molecule has 1 aliphatic heterocycles. The summed E-state index contributed by atoms with van der Waals surface area (Å²) < 4.78 is 7.20. The summed E-state index contributed by atoms with van der Waals surface area (Å²) in [5.74, 6) is 0.991. The first-order valence-electron chi connectivity index (χ1n) is 8.61. The maximum Gasteiger partial charge on any atom is 0.264 e. The number of carbonyl (C=O) groups is 1. The van der Waals surface area contributed by atoms with E-state index in [4.69, 9.17) is 4.74 Å². The molecule has 2 unspecified atom stereocenters. The van der Waals surface area contributed by atoms with E-state index in [1.54, 1.807) is 24.1 Å². The Kier molecular flexibility index (Phi) is 4.16. The van der Waals surface area contributed by atoms with Gasteiger partial charge in [-0.2, -0.15) is 10.1 Å². The molecule has 0 saturated heterocycles. The highest BCUT2D eigenvalue weighted by atomic mass is 16.5. The molecule has 2 atom stereocenters. The summed E-state index contributed by atoms with van der Waals surface area (Å²) in [6, 6.07) is 17.5. The molecule has 0 N–H and O–H groups in total. The Morgan fingerprint density at radius 3 is 2.62 bits per heavy atom. The van der Waals surface area contributed by atoms with E-state index in [2.05, 4.69) is 22.2 Å². The Labute approximate surface area is 152 Å². The smallest absolute Gasteiger partial charge is 0.264 e. The molecule has 1 amide bonds. The Balaban J connectivity index is 1.75. The van der Waals surface area contributed by atoms with Crippen LogP contribution in [0.1, 0.15) is 35.3 Å². The first-order valence-corrected chi connectivity index (χ1v) is 8.61. The van der Waals surface area contributed by atoms with Crippen LogP contribution in [0.5, 0.6) is 5.75 Å². The molecule has 2 aromatic carbocycles. The average Bonchev–Trinajstić information content (AvgIpc) is 3.17.